The smallest absolute Gasteiger partial charge is 0.251 e. The molecular weight excluding hydrogens is 476 g/mol. The Bertz CT molecular complexity index is 1140. The maximum Gasteiger partial charge on any atom is 0.251 e. The molecule has 0 radical (unpaired) electrons. The summed E-state index contributed by atoms with van der Waals surface area (Å²) in [6.07, 6.45) is 6.72. The molecule has 0 aliphatic heterocycles. The van der Waals surface area contributed by atoms with E-state index < -0.39 is 0 Å². The van der Waals surface area contributed by atoms with Crippen LogP contribution in [0.3, 0.4) is 0 Å². The van der Waals surface area contributed by atoms with Crippen molar-refractivity contribution < 1.29 is 14.3 Å². The fourth-order valence-electron chi connectivity index (χ4n) is 3.66. The molecule has 3 rings (SSSR count). The highest BCUT2D eigenvalue weighted by molar-refractivity contribution is 5.95. The summed E-state index contributed by atoms with van der Waals surface area (Å²) in [6.45, 7) is 4.25. The number of anilines is 2. The Kier molecular flexibility index (Phi) is 13.1. The summed E-state index contributed by atoms with van der Waals surface area (Å²) in [5.74, 6) is 0.849. The minimum atomic E-state index is -0.0393. The van der Waals surface area contributed by atoms with Crippen LogP contribution in [0.25, 0.3) is 0 Å². The number of nitrogens with one attached hydrogen (secondary N) is 3. The van der Waals surface area contributed by atoms with Crippen LogP contribution in [-0.4, -0.2) is 45.7 Å². The molecule has 0 aromatic heterocycles. The van der Waals surface area contributed by atoms with E-state index in [0.29, 0.717) is 16.8 Å². The second-order valence-electron chi connectivity index (χ2n) is 8.72. The van der Waals surface area contributed by atoms with Crippen LogP contribution in [0.1, 0.15) is 65.8 Å². The van der Waals surface area contributed by atoms with Gasteiger partial charge in [-0.3, -0.25) is 14.6 Å². The van der Waals surface area contributed by atoms with Gasteiger partial charge in [0.2, 0.25) is 0 Å². The summed E-state index contributed by atoms with van der Waals surface area (Å²) in [5.41, 5.74) is 4.73. The first-order valence-electron chi connectivity index (χ1n) is 13.0. The summed E-state index contributed by atoms with van der Waals surface area (Å²) in [7, 11) is 5.36. The number of aldehydes is 1. The number of hydrogen-bond donors (Lipinski definition) is 3. The molecule has 0 fully saturated rings. The molecule has 0 bridgehead atoms. The van der Waals surface area contributed by atoms with E-state index in [-0.39, 0.29) is 11.9 Å². The van der Waals surface area contributed by atoms with E-state index in [4.69, 9.17) is 4.74 Å². The van der Waals surface area contributed by atoms with Gasteiger partial charge < -0.3 is 20.7 Å². The molecule has 3 N–H and O–H groups in total. The van der Waals surface area contributed by atoms with Gasteiger partial charge in [0.25, 0.3) is 5.91 Å². The number of carbonyl (C=O) groups is 2. The highest BCUT2D eigenvalue weighted by atomic mass is 16.5. The van der Waals surface area contributed by atoms with Crippen molar-refractivity contribution in [1.82, 2.24) is 5.32 Å². The van der Waals surface area contributed by atoms with E-state index in [2.05, 4.69) is 34.8 Å². The average Bonchev–Trinajstić information content (AvgIpc) is 2.98. The van der Waals surface area contributed by atoms with Crippen LogP contribution in [0.15, 0.2) is 71.7 Å². The number of rotatable bonds is 12. The van der Waals surface area contributed by atoms with E-state index >= 15 is 0 Å². The number of hydrogen-bond acceptors (Lipinski definition) is 6. The van der Waals surface area contributed by atoms with Crippen molar-refractivity contribution in [2.75, 3.05) is 31.8 Å². The van der Waals surface area contributed by atoms with E-state index in [1.54, 1.807) is 25.5 Å². The lowest BCUT2D eigenvalue weighted by molar-refractivity contribution is 0.0933. The molecule has 3 aromatic rings. The lowest BCUT2D eigenvalue weighted by atomic mass is 10.1. The number of aliphatic imine (C=N–C) groups is 1. The van der Waals surface area contributed by atoms with Crippen LogP contribution in [0.4, 0.5) is 17.1 Å². The molecule has 202 valence electrons. The van der Waals surface area contributed by atoms with Crippen molar-refractivity contribution >= 4 is 35.5 Å². The summed E-state index contributed by atoms with van der Waals surface area (Å²) in [5, 5.41) is 9.19. The van der Waals surface area contributed by atoms with Crippen LogP contribution >= 0.6 is 0 Å². The maximum atomic E-state index is 12.4. The van der Waals surface area contributed by atoms with Crippen molar-refractivity contribution in [2.45, 2.75) is 45.6 Å². The summed E-state index contributed by atoms with van der Waals surface area (Å²) in [4.78, 5) is 27.9. The third-order valence-corrected chi connectivity index (χ3v) is 6.07. The number of nitrogens with zero attached hydrogens (tertiary/aromatic N) is 1. The van der Waals surface area contributed by atoms with Gasteiger partial charge in [-0.2, -0.15) is 0 Å². The number of ether oxygens (including phenoxy) is 1. The Balaban J connectivity index is 0.000000423. The molecule has 1 unspecified atom stereocenters. The minimum Gasteiger partial charge on any atom is -0.497 e. The fraction of sp³-hybridized carbons (Fsp3) is 0.323. The van der Waals surface area contributed by atoms with Crippen molar-refractivity contribution in [3.63, 3.8) is 0 Å². The van der Waals surface area contributed by atoms with Gasteiger partial charge in [0, 0.05) is 43.2 Å². The van der Waals surface area contributed by atoms with Crippen LogP contribution in [0.5, 0.6) is 5.75 Å². The normalized spacial score (nSPS) is 11.2. The van der Waals surface area contributed by atoms with Crippen molar-refractivity contribution in [3.8, 4) is 5.75 Å². The molecule has 1 atom stereocenters. The molecule has 7 nitrogen and oxygen atoms in total. The van der Waals surface area contributed by atoms with Gasteiger partial charge in [-0.15, -0.1) is 0 Å². The van der Waals surface area contributed by atoms with Gasteiger partial charge in [-0.25, -0.2) is 0 Å². The second-order valence-corrected chi connectivity index (χ2v) is 8.72. The Morgan fingerprint density at radius 2 is 1.63 bits per heavy atom. The largest absolute Gasteiger partial charge is 0.497 e. The summed E-state index contributed by atoms with van der Waals surface area (Å²) in [6, 6.07) is 20.7. The first-order valence-corrected chi connectivity index (χ1v) is 13.0. The highest BCUT2D eigenvalue weighted by Crippen LogP contribution is 2.25. The molecule has 7 heteroatoms. The van der Waals surface area contributed by atoms with Gasteiger partial charge >= 0.3 is 0 Å². The Morgan fingerprint density at radius 3 is 2.18 bits per heavy atom. The maximum absolute atomic E-state index is 12.4. The van der Waals surface area contributed by atoms with Gasteiger partial charge in [-0.05, 0) is 73.0 Å². The zero-order valence-electron chi connectivity index (χ0n) is 23.1. The first kappa shape index (κ1) is 30.1. The van der Waals surface area contributed by atoms with Crippen LogP contribution < -0.4 is 20.7 Å². The van der Waals surface area contributed by atoms with Gasteiger partial charge in [0.15, 0.2) is 0 Å². The van der Waals surface area contributed by atoms with Gasteiger partial charge in [-0.1, -0.05) is 38.8 Å². The zero-order valence-corrected chi connectivity index (χ0v) is 23.1. The number of unbranched alkanes of at least 4 members (excludes halogenated alkanes) is 1. The molecule has 0 saturated heterocycles. The number of benzene rings is 3. The Hall–Kier alpha value is -4.13. The second kappa shape index (κ2) is 16.6. The van der Waals surface area contributed by atoms with E-state index in [1.807, 2.05) is 68.7 Å². The number of amides is 1. The number of carbonyl (C=O) groups excluding carboxylic acids is 2. The lowest BCUT2D eigenvalue weighted by Gasteiger charge is -2.16. The average molecular weight is 517 g/mol. The third-order valence-electron chi connectivity index (χ3n) is 6.07. The molecule has 0 aliphatic rings. The van der Waals surface area contributed by atoms with Crippen molar-refractivity contribution in [3.05, 3.63) is 83.4 Å². The van der Waals surface area contributed by atoms with Crippen molar-refractivity contribution in [2.24, 2.45) is 4.99 Å². The first-order chi connectivity index (χ1) is 18.5. The predicted octanol–water partition coefficient (Wildman–Crippen LogP) is 6.73. The van der Waals surface area contributed by atoms with Gasteiger partial charge in [0.05, 0.1) is 18.5 Å². The zero-order chi connectivity index (χ0) is 27.8. The topological polar surface area (TPSA) is 91.8 Å². The monoisotopic (exact) mass is 516 g/mol. The highest BCUT2D eigenvalue weighted by Gasteiger charge is 2.11. The van der Waals surface area contributed by atoms with Crippen LogP contribution in [0.2, 0.25) is 0 Å². The molecule has 38 heavy (non-hydrogen) atoms. The SMILES string of the molecule is CCCCC(CC)NC(=O)c1ccc(C=Nc2cc(C=O)ccc2NC)cc1.CNc1ccc(OC)cc1. The molecule has 0 heterocycles. The quantitative estimate of drug-likeness (QED) is 0.183. The molecule has 0 aliphatic carbocycles. The lowest BCUT2D eigenvalue weighted by Crippen LogP contribution is -2.34. The summed E-state index contributed by atoms with van der Waals surface area (Å²) >= 11 is 0. The van der Waals surface area contributed by atoms with Crippen LogP contribution in [0, 0.1) is 0 Å². The van der Waals surface area contributed by atoms with E-state index in [0.717, 1.165) is 54.7 Å². The fourth-order valence-corrected chi connectivity index (χ4v) is 3.66. The summed E-state index contributed by atoms with van der Waals surface area (Å²) < 4.78 is 4.99. The van der Waals surface area contributed by atoms with E-state index in [1.165, 1.54) is 0 Å². The Labute approximate surface area is 226 Å². The van der Waals surface area contributed by atoms with Gasteiger partial charge in [0.1, 0.15) is 12.0 Å². The molecule has 0 saturated carbocycles. The van der Waals surface area contributed by atoms with E-state index in [9.17, 15) is 9.59 Å². The standard InChI is InChI=1S/C23H29N3O2.C8H11NO/c1-4-6-7-20(5-2)26-23(28)19-11-8-17(9-12-19)15-25-22-14-18(16-27)10-13-21(22)24-3;1-9-7-3-5-8(10-2)6-4-7/h8-16,20,24H,4-7H2,1-3H3,(H,26,28);3-6,9H,1-2H3. The van der Waals surface area contributed by atoms with Crippen molar-refractivity contribution in [1.29, 1.82) is 0 Å². The Morgan fingerprint density at radius 1 is 0.947 bits per heavy atom. The molecule has 3 aromatic carbocycles. The number of methoxy groups -OCH3 is 1. The predicted molar refractivity (Wildman–Crippen MR) is 159 cm³/mol. The third kappa shape index (κ3) is 9.73. The molecule has 1 amide bonds. The minimum absolute atomic E-state index is 0.0393. The van der Waals surface area contributed by atoms with Crippen LogP contribution in [-0.2, 0) is 0 Å². The molecular formula is C31H40N4O3. The molecule has 0 spiro atoms.